The van der Waals surface area contributed by atoms with E-state index in [1.807, 2.05) is 26.0 Å². The highest BCUT2D eigenvalue weighted by atomic mass is 16.5. The highest BCUT2D eigenvalue weighted by Crippen LogP contribution is 2.11. The minimum atomic E-state index is -0.0870. The van der Waals surface area contributed by atoms with Gasteiger partial charge in [0.05, 0.1) is 0 Å². The average Bonchev–Trinajstić information content (AvgIpc) is 2.37. The minimum absolute atomic E-state index is 0.0615. The number of allylic oxidation sites excluding steroid dienone is 1. The van der Waals surface area contributed by atoms with E-state index >= 15 is 0 Å². The van der Waals surface area contributed by atoms with Gasteiger partial charge in [-0.2, -0.15) is 0 Å². The third kappa shape index (κ3) is 13.4. The van der Waals surface area contributed by atoms with E-state index in [2.05, 4.69) is 6.92 Å². The molecule has 0 aliphatic rings. The Morgan fingerprint density at radius 1 is 1.00 bits per heavy atom. The summed E-state index contributed by atoms with van der Waals surface area (Å²) in [7, 11) is 0. The maximum absolute atomic E-state index is 11.5. The second kappa shape index (κ2) is 13.6. The van der Waals surface area contributed by atoms with Gasteiger partial charge in [-0.15, -0.1) is 0 Å². The van der Waals surface area contributed by atoms with Gasteiger partial charge >= 0.3 is 5.97 Å². The molecule has 0 aromatic rings. The van der Waals surface area contributed by atoms with Crippen LogP contribution in [0, 0.1) is 0 Å². The highest BCUT2D eigenvalue weighted by Gasteiger charge is 2.05. The maximum atomic E-state index is 11.5. The van der Waals surface area contributed by atoms with E-state index in [4.69, 9.17) is 4.74 Å². The number of rotatable bonds is 12. The van der Waals surface area contributed by atoms with Crippen molar-refractivity contribution in [1.29, 1.82) is 0 Å². The van der Waals surface area contributed by atoms with Crippen molar-refractivity contribution in [2.24, 2.45) is 0 Å². The first-order valence-corrected chi connectivity index (χ1v) is 8.03. The van der Waals surface area contributed by atoms with Gasteiger partial charge in [0.15, 0.2) is 0 Å². The molecule has 0 radical (unpaired) electrons. The molecule has 0 saturated carbocycles. The second-order valence-electron chi connectivity index (χ2n) is 5.30. The molecule has 112 valence electrons. The molecule has 0 amide bonds. The number of carbonyl (C=O) groups is 1. The first-order chi connectivity index (χ1) is 9.20. The summed E-state index contributed by atoms with van der Waals surface area (Å²) in [6.45, 7) is 6.08. The fourth-order valence-corrected chi connectivity index (χ4v) is 2.16. The van der Waals surface area contributed by atoms with Crippen molar-refractivity contribution in [2.45, 2.75) is 91.1 Å². The standard InChI is InChI=1S/C17H32O2/c1-4-6-7-8-9-10-11-12-13-15-17(18)19-16(3)14-5-2/h5,14,16H,4,6-13,15H2,1-3H3. The lowest BCUT2D eigenvalue weighted by Crippen LogP contribution is -2.12. The first-order valence-electron chi connectivity index (χ1n) is 8.03. The lowest BCUT2D eigenvalue weighted by molar-refractivity contribution is -0.146. The predicted molar refractivity (Wildman–Crippen MR) is 82.2 cm³/mol. The molecule has 0 N–H and O–H groups in total. The second-order valence-corrected chi connectivity index (χ2v) is 5.30. The molecule has 2 heteroatoms. The topological polar surface area (TPSA) is 26.3 Å². The van der Waals surface area contributed by atoms with E-state index in [0.717, 1.165) is 12.8 Å². The molecule has 0 heterocycles. The van der Waals surface area contributed by atoms with Crippen molar-refractivity contribution in [3.05, 3.63) is 12.2 Å². The SMILES string of the molecule is CC=CC(C)OC(=O)CCCCCCCCCCC. The van der Waals surface area contributed by atoms with Gasteiger partial charge < -0.3 is 4.74 Å². The molecule has 0 bridgehead atoms. The van der Waals surface area contributed by atoms with Gasteiger partial charge in [-0.3, -0.25) is 4.79 Å². The number of hydrogen-bond acceptors (Lipinski definition) is 2. The molecule has 1 atom stereocenters. The summed E-state index contributed by atoms with van der Waals surface area (Å²) in [5.74, 6) is -0.0615. The number of unbranched alkanes of at least 4 members (excludes halogenated alkanes) is 8. The molecule has 0 aromatic carbocycles. The Hall–Kier alpha value is -0.790. The van der Waals surface area contributed by atoms with E-state index in [9.17, 15) is 4.79 Å². The van der Waals surface area contributed by atoms with Crippen LogP contribution >= 0.6 is 0 Å². The normalized spacial score (nSPS) is 12.8. The molecule has 0 aliphatic heterocycles. The number of ether oxygens (including phenoxy) is 1. The Labute approximate surface area is 119 Å². The van der Waals surface area contributed by atoms with Crippen LogP contribution in [0.1, 0.15) is 85.0 Å². The minimum Gasteiger partial charge on any atom is -0.458 e. The summed E-state index contributed by atoms with van der Waals surface area (Å²) >= 11 is 0. The zero-order valence-electron chi connectivity index (χ0n) is 13.1. The largest absolute Gasteiger partial charge is 0.458 e. The summed E-state index contributed by atoms with van der Waals surface area (Å²) < 4.78 is 5.24. The van der Waals surface area contributed by atoms with Crippen molar-refractivity contribution in [3.63, 3.8) is 0 Å². The molecule has 0 fully saturated rings. The molecule has 0 saturated heterocycles. The molecule has 0 aliphatic carbocycles. The monoisotopic (exact) mass is 268 g/mol. The first kappa shape index (κ1) is 18.2. The van der Waals surface area contributed by atoms with Crippen LogP contribution in [0.15, 0.2) is 12.2 Å². The van der Waals surface area contributed by atoms with Gasteiger partial charge in [-0.1, -0.05) is 64.4 Å². The van der Waals surface area contributed by atoms with Crippen LogP contribution in [-0.4, -0.2) is 12.1 Å². The van der Waals surface area contributed by atoms with E-state index in [1.54, 1.807) is 0 Å². The highest BCUT2D eigenvalue weighted by molar-refractivity contribution is 5.69. The van der Waals surface area contributed by atoms with Crippen LogP contribution in [0.4, 0.5) is 0 Å². The maximum Gasteiger partial charge on any atom is 0.306 e. The van der Waals surface area contributed by atoms with Crippen molar-refractivity contribution in [1.82, 2.24) is 0 Å². The van der Waals surface area contributed by atoms with Gasteiger partial charge in [-0.05, 0) is 26.3 Å². The Balaban J connectivity index is 3.27. The number of esters is 1. The van der Waals surface area contributed by atoms with Crippen LogP contribution in [0.3, 0.4) is 0 Å². The van der Waals surface area contributed by atoms with Crippen molar-refractivity contribution >= 4 is 5.97 Å². The van der Waals surface area contributed by atoms with Crippen LogP contribution in [0.5, 0.6) is 0 Å². The zero-order chi connectivity index (χ0) is 14.3. The van der Waals surface area contributed by atoms with Crippen LogP contribution in [0.2, 0.25) is 0 Å². The molecule has 0 aromatic heterocycles. The van der Waals surface area contributed by atoms with Gasteiger partial charge in [0.2, 0.25) is 0 Å². The Morgan fingerprint density at radius 3 is 2.05 bits per heavy atom. The summed E-state index contributed by atoms with van der Waals surface area (Å²) in [5, 5.41) is 0. The molecule has 0 rings (SSSR count). The smallest absolute Gasteiger partial charge is 0.306 e. The van der Waals surface area contributed by atoms with Crippen molar-refractivity contribution < 1.29 is 9.53 Å². The average molecular weight is 268 g/mol. The molecule has 19 heavy (non-hydrogen) atoms. The third-order valence-electron chi connectivity index (χ3n) is 3.27. The van der Waals surface area contributed by atoms with E-state index in [1.165, 1.54) is 44.9 Å². The van der Waals surface area contributed by atoms with Crippen molar-refractivity contribution in [3.8, 4) is 0 Å². The van der Waals surface area contributed by atoms with Crippen molar-refractivity contribution in [2.75, 3.05) is 0 Å². The Bertz CT molecular complexity index is 233. The number of carbonyl (C=O) groups excluding carboxylic acids is 1. The molecule has 2 nitrogen and oxygen atoms in total. The van der Waals surface area contributed by atoms with Gasteiger partial charge in [0.1, 0.15) is 6.10 Å². The fraction of sp³-hybridized carbons (Fsp3) is 0.824. The van der Waals surface area contributed by atoms with E-state index in [-0.39, 0.29) is 12.1 Å². The Morgan fingerprint density at radius 2 is 1.53 bits per heavy atom. The van der Waals surface area contributed by atoms with Gasteiger partial charge in [0, 0.05) is 6.42 Å². The van der Waals surface area contributed by atoms with E-state index in [0.29, 0.717) is 6.42 Å². The molecule has 1 unspecified atom stereocenters. The number of hydrogen-bond donors (Lipinski definition) is 0. The van der Waals surface area contributed by atoms with E-state index < -0.39 is 0 Å². The molecular formula is C17H32O2. The summed E-state index contributed by atoms with van der Waals surface area (Å²) in [6, 6.07) is 0. The predicted octanol–water partition coefficient (Wildman–Crippen LogP) is 5.42. The van der Waals surface area contributed by atoms with Gasteiger partial charge in [0.25, 0.3) is 0 Å². The van der Waals surface area contributed by atoms with Crippen LogP contribution < -0.4 is 0 Å². The van der Waals surface area contributed by atoms with Crippen LogP contribution in [0.25, 0.3) is 0 Å². The quantitative estimate of drug-likeness (QED) is 0.268. The van der Waals surface area contributed by atoms with Crippen LogP contribution in [-0.2, 0) is 9.53 Å². The third-order valence-corrected chi connectivity index (χ3v) is 3.27. The lowest BCUT2D eigenvalue weighted by Gasteiger charge is -2.08. The van der Waals surface area contributed by atoms with Gasteiger partial charge in [-0.25, -0.2) is 0 Å². The molecule has 0 spiro atoms. The summed E-state index contributed by atoms with van der Waals surface area (Å²) in [5.41, 5.74) is 0. The summed E-state index contributed by atoms with van der Waals surface area (Å²) in [6.07, 6.45) is 15.8. The lowest BCUT2D eigenvalue weighted by atomic mass is 10.1. The summed E-state index contributed by atoms with van der Waals surface area (Å²) in [4.78, 5) is 11.5. The Kier molecular flexibility index (Phi) is 13.1. The fourth-order valence-electron chi connectivity index (χ4n) is 2.16. The zero-order valence-corrected chi connectivity index (χ0v) is 13.1. The molecular weight excluding hydrogens is 236 g/mol.